The van der Waals surface area contributed by atoms with E-state index in [0.29, 0.717) is 19.3 Å². The second kappa shape index (κ2) is 51.7. The third-order valence-corrected chi connectivity index (χ3v) is 11.5. The Morgan fingerprint density at radius 1 is 0.333 bits per heavy atom. The fraction of sp³-hybridized carbons (Fsp3) is 0.772. The van der Waals surface area contributed by atoms with Gasteiger partial charge in [-0.25, -0.2) is 0 Å². The lowest BCUT2D eigenvalue weighted by Crippen LogP contribution is -2.30. The Morgan fingerprint density at radius 2 is 0.619 bits per heavy atom. The van der Waals surface area contributed by atoms with Crippen LogP contribution in [0.2, 0.25) is 0 Å². The topological polar surface area (TPSA) is 78.9 Å². The molecule has 0 rings (SSSR count). The van der Waals surface area contributed by atoms with Gasteiger partial charge in [0.25, 0.3) is 0 Å². The molecule has 0 aliphatic carbocycles. The predicted octanol–water partition coefficient (Wildman–Crippen LogP) is 17.6. The Balaban J connectivity index is 4.40. The fourth-order valence-corrected chi connectivity index (χ4v) is 7.45. The van der Waals surface area contributed by atoms with Crippen molar-refractivity contribution in [3.63, 3.8) is 0 Å². The van der Waals surface area contributed by atoms with Crippen LogP contribution in [-0.2, 0) is 28.6 Å². The molecule has 0 bridgehead atoms. The van der Waals surface area contributed by atoms with E-state index in [1.54, 1.807) is 0 Å². The van der Waals surface area contributed by atoms with Gasteiger partial charge in [0, 0.05) is 19.3 Å². The minimum Gasteiger partial charge on any atom is -0.462 e. The van der Waals surface area contributed by atoms with Crippen LogP contribution in [0.15, 0.2) is 60.8 Å². The maximum atomic E-state index is 12.8. The Kier molecular flexibility index (Phi) is 49.4. The monoisotopic (exact) mass is 881 g/mol. The zero-order chi connectivity index (χ0) is 45.8. The van der Waals surface area contributed by atoms with Crippen LogP contribution in [0.1, 0.15) is 265 Å². The molecule has 0 heterocycles. The summed E-state index contributed by atoms with van der Waals surface area (Å²) < 4.78 is 16.8. The smallest absolute Gasteiger partial charge is 0.306 e. The highest BCUT2D eigenvalue weighted by Crippen LogP contribution is 2.14. The standard InChI is InChI=1S/C57H100O6/c1-4-7-10-13-16-19-22-25-28-29-30-33-35-38-41-44-47-50-56(59)62-53-54(63-57(60)51-48-45-42-39-36-32-27-24-21-18-15-12-9-6-3)52-61-55(58)49-46-43-40-37-34-31-26-23-20-17-14-11-8-5-2/h7,10,16,19,23-28,54H,4-6,8-9,11-15,17-18,20-22,29-53H2,1-3H3/b10-7-,19-16-,26-23-,27-24-,28-25-. The summed E-state index contributed by atoms with van der Waals surface area (Å²) in [7, 11) is 0. The second-order valence-electron chi connectivity index (χ2n) is 17.7. The van der Waals surface area contributed by atoms with Crippen molar-refractivity contribution >= 4 is 17.9 Å². The van der Waals surface area contributed by atoms with Crippen molar-refractivity contribution in [2.45, 2.75) is 271 Å². The summed E-state index contributed by atoms with van der Waals surface area (Å²) in [5.74, 6) is -0.905. The highest BCUT2D eigenvalue weighted by atomic mass is 16.6. The number of ether oxygens (including phenoxy) is 3. The van der Waals surface area contributed by atoms with E-state index in [1.165, 1.54) is 122 Å². The Bertz CT molecular complexity index is 1150. The molecule has 0 aromatic rings. The number of esters is 3. The molecule has 0 radical (unpaired) electrons. The van der Waals surface area contributed by atoms with Gasteiger partial charge in [-0.2, -0.15) is 0 Å². The Morgan fingerprint density at radius 3 is 0.984 bits per heavy atom. The molecule has 0 N–H and O–H groups in total. The van der Waals surface area contributed by atoms with Crippen LogP contribution in [0.5, 0.6) is 0 Å². The van der Waals surface area contributed by atoms with Crippen LogP contribution in [0, 0.1) is 0 Å². The zero-order valence-electron chi connectivity index (χ0n) is 41.6. The third-order valence-electron chi connectivity index (χ3n) is 11.5. The van der Waals surface area contributed by atoms with Crippen molar-refractivity contribution in [2.24, 2.45) is 0 Å². The summed E-state index contributed by atoms with van der Waals surface area (Å²) in [4.78, 5) is 38.0. The number of unbranched alkanes of at least 4 members (excludes halogenated alkanes) is 27. The SMILES string of the molecule is CC/C=C\C/C=C\C/C=C\CCCCCCCCCC(=O)OCC(COC(=O)CCCCCCC/C=C\CCCCCCC)OC(=O)CCCCCCC/C=C\CCCCCCC. The van der Waals surface area contributed by atoms with Gasteiger partial charge in [0.1, 0.15) is 13.2 Å². The first-order chi connectivity index (χ1) is 31.0. The van der Waals surface area contributed by atoms with E-state index in [1.807, 2.05) is 0 Å². The van der Waals surface area contributed by atoms with Crippen molar-refractivity contribution in [2.75, 3.05) is 13.2 Å². The molecule has 0 saturated heterocycles. The minimum atomic E-state index is -0.785. The minimum absolute atomic E-state index is 0.0845. The van der Waals surface area contributed by atoms with E-state index in [9.17, 15) is 14.4 Å². The van der Waals surface area contributed by atoms with Gasteiger partial charge in [-0.3, -0.25) is 14.4 Å². The second-order valence-corrected chi connectivity index (χ2v) is 17.7. The number of carbonyl (C=O) groups excluding carboxylic acids is 3. The zero-order valence-corrected chi connectivity index (χ0v) is 41.6. The lowest BCUT2D eigenvalue weighted by Gasteiger charge is -2.18. The van der Waals surface area contributed by atoms with Crippen LogP contribution in [0.4, 0.5) is 0 Å². The quantitative estimate of drug-likeness (QED) is 0.0262. The molecule has 0 saturated carbocycles. The summed E-state index contributed by atoms with van der Waals surface area (Å²) in [6.45, 7) is 6.50. The van der Waals surface area contributed by atoms with Gasteiger partial charge in [0.15, 0.2) is 6.10 Å². The molecule has 63 heavy (non-hydrogen) atoms. The van der Waals surface area contributed by atoms with Crippen LogP contribution in [0.25, 0.3) is 0 Å². The maximum Gasteiger partial charge on any atom is 0.306 e. The van der Waals surface area contributed by atoms with Crippen molar-refractivity contribution in [3.8, 4) is 0 Å². The number of hydrogen-bond acceptors (Lipinski definition) is 6. The first-order valence-corrected chi connectivity index (χ1v) is 26.8. The average Bonchev–Trinajstić information content (AvgIpc) is 3.28. The van der Waals surface area contributed by atoms with Crippen LogP contribution >= 0.6 is 0 Å². The Hall–Kier alpha value is -2.89. The number of hydrogen-bond donors (Lipinski definition) is 0. The molecule has 0 aliphatic rings. The molecule has 0 aliphatic heterocycles. The molecule has 0 aromatic heterocycles. The molecule has 1 unspecified atom stereocenters. The van der Waals surface area contributed by atoms with E-state index in [0.717, 1.165) is 103 Å². The fourth-order valence-electron chi connectivity index (χ4n) is 7.45. The third kappa shape index (κ3) is 50.0. The molecule has 0 fully saturated rings. The number of carbonyl (C=O) groups is 3. The molecular formula is C57H100O6. The van der Waals surface area contributed by atoms with Gasteiger partial charge in [-0.15, -0.1) is 0 Å². The highest BCUT2D eigenvalue weighted by Gasteiger charge is 2.19. The van der Waals surface area contributed by atoms with Crippen molar-refractivity contribution < 1.29 is 28.6 Å². The van der Waals surface area contributed by atoms with Crippen molar-refractivity contribution in [3.05, 3.63) is 60.8 Å². The van der Waals surface area contributed by atoms with E-state index in [2.05, 4.69) is 81.5 Å². The summed E-state index contributed by atoms with van der Waals surface area (Å²) >= 11 is 0. The van der Waals surface area contributed by atoms with Gasteiger partial charge in [0.2, 0.25) is 0 Å². The molecule has 0 amide bonds. The van der Waals surface area contributed by atoms with E-state index in [-0.39, 0.29) is 31.1 Å². The summed E-state index contributed by atoms with van der Waals surface area (Å²) in [5, 5.41) is 0. The summed E-state index contributed by atoms with van der Waals surface area (Å²) in [6, 6.07) is 0. The number of rotatable bonds is 48. The molecule has 6 heteroatoms. The van der Waals surface area contributed by atoms with Crippen LogP contribution < -0.4 is 0 Å². The summed E-state index contributed by atoms with van der Waals surface area (Å²) in [5.41, 5.74) is 0. The van der Waals surface area contributed by atoms with E-state index < -0.39 is 6.10 Å². The van der Waals surface area contributed by atoms with Gasteiger partial charge in [0.05, 0.1) is 0 Å². The average molecular weight is 881 g/mol. The lowest BCUT2D eigenvalue weighted by atomic mass is 10.1. The highest BCUT2D eigenvalue weighted by molar-refractivity contribution is 5.71. The van der Waals surface area contributed by atoms with Gasteiger partial charge < -0.3 is 14.2 Å². The van der Waals surface area contributed by atoms with E-state index >= 15 is 0 Å². The predicted molar refractivity (Wildman–Crippen MR) is 270 cm³/mol. The van der Waals surface area contributed by atoms with Gasteiger partial charge in [-0.05, 0) is 103 Å². The Labute approximate surface area is 390 Å². The first-order valence-electron chi connectivity index (χ1n) is 26.8. The van der Waals surface area contributed by atoms with E-state index in [4.69, 9.17) is 14.2 Å². The van der Waals surface area contributed by atoms with Crippen LogP contribution in [-0.4, -0.2) is 37.2 Å². The number of allylic oxidation sites excluding steroid dienone is 10. The molecule has 0 spiro atoms. The lowest BCUT2D eigenvalue weighted by molar-refractivity contribution is -0.167. The van der Waals surface area contributed by atoms with Crippen molar-refractivity contribution in [1.29, 1.82) is 0 Å². The normalized spacial score (nSPS) is 12.5. The van der Waals surface area contributed by atoms with Gasteiger partial charge >= 0.3 is 17.9 Å². The van der Waals surface area contributed by atoms with Crippen molar-refractivity contribution in [1.82, 2.24) is 0 Å². The molecule has 0 aromatic carbocycles. The molecule has 364 valence electrons. The van der Waals surface area contributed by atoms with Gasteiger partial charge in [-0.1, -0.05) is 204 Å². The maximum absolute atomic E-state index is 12.8. The summed E-state index contributed by atoms with van der Waals surface area (Å²) in [6.07, 6.45) is 63.4. The molecular weight excluding hydrogens is 781 g/mol. The molecule has 6 nitrogen and oxygen atoms in total. The largest absolute Gasteiger partial charge is 0.462 e. The molecule has 1 atom stereocenters. The first kappa shape index (κ1) is 60.1. The van der Waals surface area contributed by atoms with Crippen LogP contribution in [0.3, 0.4) is 0 Å².